The Morgan fingerprint density at radius 2 is 1.80 bits per heavy atom. The van der Waals surface area contributed by atoms with E-state index < -0.39 is 0 Å². The number of oxazole rings is 1. The van der Waals surface area contributed by atoms with Gasteiger partial charge in [0.05, 0.1) is 12.1 Å². The second kappa shape index (κ2) is 4.56. The molecule has 2 aromatic carbocycles. The molecule has 0 atom stereocenters. The third-order valence-corrected chi connectivity index (χ3v) is 3.31. The number of benzene rings is 2. The second-order valence-corrected chi connectivity index (χ2v) is 5.18. The summed E-state index contributed by atoms with van der Waals surface area (Å²) in [5.41, 5.74) is 11.0. The normalized spacial score (nSPS) is 11.1. The van der Waals surface area contributed by atoms with Crippen LogP contribution in [0.15, 0.2) is 45.6 Å². The van der Waals surface area contributed by atoms with Gasteiger partial charge in [-0.2, -0.15) is 0 Å². The van der Waals surface area contributed by atoms with Gasteiger partial charge in [-0.05, 0) is 31.5 Å². The van der Waals surface area contributed by atoms with Crippen LogP contribution in [0.25, 0.3) is 11.1 Å². The molecule has 2 N–H and O–H groups in total. The predicted octanol–water partition coefficient (Wildman–Crippen LogP) is 2.84. The standard InChI is InChI=1S/C16H16N2O2/c1-10-5-11(2)7-12(6-10)9-18-14-4-3-13(17)8-15(14)20-16(18)19/h3-8H,9,17H2,1-2H3. The molecule has 0 radical (unpaired) electrons. The second-order valence-electron chi connectivity index (χ2n) is 5.18. The fourth-order valence-corrected chi connectivity index (χ4v) is 2.58. The number of nitrogen functional groups attached to an aromatic ring is 1. The smallest absolute Gasteiger partial charge is 0.408 e. The maximum absolute atomic E-state index is 12.0. The van der Waals surface area contributed by atoms with E-state index in [1.807, 2.05) is 19.9 Å². The van der Waals surface area contributed by atoms with E-state index in [0.717, 1.165) is 11.1 Å². The lowest BCUT2D eigenvalue weighted by Crippen LogP contribution is -2.15. The summed E-state index contributed by atoms with van der Waals surface area (Å²) in [6, 6.07) is 11.5. The van der Waals surface area contributed by atoms with E-state index in [1.165, 1.54) is 11.1 Å². The maximum atomic E-state index is 12.0. The first kappa shape index (κ1) is 12.5. The first-order valence-electron chi connectivity index (χ1n) is 6.49. The van der Waals surface area contributed by atoms with Gasteiger partial charge in [0, 0.05) is 11.8 Å². The summed E-state index contributed by atoms with van der Waals surface area (Å²) in [6.07, 6.45) is 0. The number of aromatic nitrogens is 1. The zero-order valence-corrected chi connectivity index (χ0v) is 11.5. The number of nitrogens with zero attached hydrogens (tertiary/aromatic N) is 1. The van der Waals surface area contributed by atoms with Crippen molar-refractivity contribution in [3.8, 4) is 0 Å². The van der Waals surface area contributed by atoms with Gasteiger partial charge >= 0.3 is 5.76 Å². The molecule has 20 heavy (non-hydrogen) atoms. The molecule has 0 saturated carbocycles. The minimum atomic E-state index is -0.357. The average Bonchev–Trinajstić information content (AvgIpc) is 2.64. The van der Waals surface area contributed by atoms with Gasteiger partial charge in [-0.1, -0.05) is 29.3 Å². The number of fused-ring (bicyclic) bond motifs is 1. The van der Waals surface area contributed by atoms with Gasteiger partial charge < -0.3 is 10.2 Å². The summed E-state index contributed by atoms with van der Waals surface area (Å²) in [5, 5.41) is 0. The van der Waals surface area contributed by atoms with E-state index in [4.69, 9.17) is 10.2 Å². The Labute approximate surface area is 116 Å². The maximum Gasteiger partial charge on any atom is 0.420 e. The molecule has 3 aromatic rings. The van der Waals surface area contributed by atoms with E-state index in [2.05, 4.69) is 18.2 Å². The van der Waals surface area contributed by atoms with Gasteiger partial charge in [0.2, 0.25) is 0 Å². The molecule has 0 spiro atoms. The van der Waals surface area contributed by atoms with Crippen molar-refractivity contribution < 1.29 is 4.42 Å². The molecule has 3 rings (SSSR count). The van der Waals surface area contributed by atoms with Crippen molar-refractivity contribution in [1.82, 2.24) is 4.57 Å². The number of anilines is 1. The van der Waals surface area contributed by atoms with Crippen LogP contribution in [0.4, 0.5) is 5.69 Å². The van der Waals surface area contributed by atoms with Crippen molar-refractivity contribution in [3.05, 3.63) is 63.6 Å². The highest BCUT2D eigenvalue weighted by molar-refractivity contribution is 5.76. The topological polar surface area (TPSA) is 61.2 Å². The summed E-state index contributed by atoms with van der Waals surface area (Å²) < 4.78 is 6.87. The summed E-state index contributed by atoms with van der Waals surface area (Å²) in [4.78, 5) is 12.0. The van der Waals surface area contributed by atoms with E-state index in [9.17, 15) is 4.79 Å². The molecule has 0 unspecified atom stereocenters. The van der Waals surface area contributed by atoms with Crippen molar-refractivity contribution in [2.45, 2.75) is 20.4 Å². The minimum Gasteiger partial charge on any atom is -0.408 e. The Morgan fingerprint density at radius 1 is 1.10 bits per heavy atom. The van der Waals surface area contributed by atoms with Crippen molar-refractivity contribution in [3.63, 3.8) is 0 Å². The number of aryl methyl sites for hydroxylation is 2. The lowest BCUT2D eigenvalue weighted by molar-refractivity contribution is 0.517. The van der Waals surface area contributed by atoms with Gasteiger partial charge in [0.1, 0.15) is 0 Å². The molecule has 1 aromatic heterocycles. The molecular formula is C16H16N2O2. The summed E-state index contributed by atoms with van der Waals surface area (Å²) >= 11 is 0. The number of nitrogens with two attached hydrogens (primary N) is 1. The SMILES string of the molecule is Cc1cc(C)cc(Cn2c(=O)oc3cc(N)ccc32)c1. The summed E-state index contributed by atoms with van der Waals surface area (Å²) in [5.74, 6) is -0.357. The molecule has 0 aliphatic heterocycles. The molecule has 4 heteroatoms. The van der Waals surface area contributed by atoms with Crippen LogP contribution in [0.1, 0.15) is 16.7 Å². The highest BCUT2D eigenvalue weighted by Gasteiger charge is 2.10. The van der Waals surface area contributed by atoms with Gasteiger partial charge in [-0.25, -0.2) is 4.79 Å². The van der Waals surface area contributed by atoms with Crippen molar-refractivity contribution in [2.24, 2.45) is 0 Å². The van der Waals surface area contributed by atoms with E-state index in [-0.39, 0.29) is 5.76 Å². The fraction of sp³-hybridized carbons (Fsp3) is 0.188. The molecule has 0 amide bonds. The molecule has 0 saturated heterocycles. The van der Waals surface area contributed by atoms with Crippen LogP contribution in [0.2, 0.25) is 0 Å². The minimum absolute atomic E-state index is 0.357. The number of hydrogen-bond donors (Lipinski definition) is 1. The summed E-state index contributed by atoms with van der Waals surface area (Å²) in [7, 11) is 0. The third kappa shape index (κ3) is 2.20. The van der Waals surface area contributed by atoms with Crippen molar-refractivity contribution in [2.75, 3.05) is 5.73 Å². The van der Waals surface area contributed by atoms with Gasteiger partial charge in [0.25, 0.3) is 0 Å². The van der Waals surface area contributed by atoms with Crippen molar-refractivity contribution in [1.29, 1.82) is 0 Å². The van der Waals surface area contributed by atoms with E-state index in [1.54, 1.807) is 16.7 Å². The van der Waals surface area contributed by atoms with Crippen LogP contribution < -0.4 is 11.5 Å². The van der Waals surface area contributed by atoms with Crippen LogP contribution in [0.3, 0.4) is 0 Å². The van der Waals surface area contributed by atoms with Gasteiger partial charge in [-0.3, -0.25) is 4.57 Å². The van der Waals surface area contributed by atoms with Crippen LogP contribution in [-0.2, 0) is 6.54 Å². The highest BCUT2D eigenvalue weighted by Crippen LogP contribution is 2.18. The van der Waals surface area contributed by atoms with Crippen LogP contribution in [-0.4, -0.2) is 4.57 Å². The Balaban J connectivity index is 2.10. The molecule has 102 valence electrons. The molecule has 1 heterocycles. The van der Waals surface area contributed by atoms with Crippen LogP contribution >= 0.6 is 0 Å². The Morgan fingerprint density at radius 3 is 2.50 bits per heavy atom. The Bertz CT molecular complexity index is 823. The lowest BCUT2D eigenvalue weighted by Gasteiger charge is -2.06. The number of rotatable bonds is 2. The monoisotopic (exact) mass is 268 g/mol. The number of hydrogen-bond acceptors (Lipinski definition) is 3. The third-order valence-electron chi connectivity index (χ3n) is 3.31. The fourth-order valence-electron chi connectivity index (χ4n) is 2.58. The molecule has 0 aliphatic rings. The van der Waals surface area contributed by atoms with E-state index >= 15 is 0 Å². The Kier molecular flexibility index (Phi) is 2.86. The zero-order chi connectivity index (χ0) is 14.3. The van der Waals surface area contributed by atoms with Crippen molar-refractivity contribution >= 4 is 16.8 Å². The molecule has 0 bridgehead atoms. The largest absolute Gasteiger partial charge is 0.420 e. The molecule has 4 nitrogen and oxygen atoms in total. The van der Waals surface area contributed by atoms with Crippen LogP contribution in [0.5, 0.6) is 0 Å². The first-order valence-corrected chi connectivity index (χ1v) is 6.49. The Hall–Kier alpha value is -2.49. The van der Waals surface area contributed by atoms with Gasteiger partial charge in [-0.15, -0.1) is 0 Å². The van der Waals surface area contributed by atoms with Gasteiger partial charge in [0.15, 0.2) is 5.58 Å². The highest BCUT2D eigenvalue weighted by atomic mass is 16.4. The quantitative estimate of drug-likeness (QED) is 0.727. The summed E-state index contributed by atoms with van der Waals surface area (Å²) in [6.45, 7) is 4.60. The van der Waals surface area contributed by atoms with E-state index in [0.29, 0.717) is 17.8 Å². The molecular weight excluding hydrogens is 252 g/mol. The lowest BCUT2D eigenvalue weighted by atomic mass is 10.1. The molecule has 0 aliphatic carbocycles. The van der Waals surface area contributed by atoms with Crippen LogP contribution in [0, 0.1) is 13.8 Å². The zero-order valence-electron chi connectivity index (χ0n) is 11.5. The predicted molar refractivity (Wildman–Crippen MR) is 79.9 cm³/mol. The molecule has 0 fully saturated rings. The average molecular weight is 268 g/mol. The first-order chi connectivity index (χ1) is 9.52.